The number of hydrogen-bond acceptors (Lipinski definition) is 4. The Balaban J connectivity index is 3.50. The Labute approximate surface area is 118 Å². The van der Waals surface area contributed by atoms with Crippen LogP contribution in [0.2, 0.25) is 0 Å². The molecular formula is C12H14FNO4S2. The highest BCUT2D eigenvalue weighted by atomic mass is 32.2. The monoisotopic (exact) mass is 319 g/mol. The summed E-state index contributed by atoms with van der Waals surface area (Å²) in [7, 11) is -7.81. The number of halogens is 1. The first kappa shape index (κ1) is 16.6. The third kappa shape index (κ3) is 3.36. The van der Waals surface area contributed by atoms with Gasteiger partial charge in [-0.25, -0.2) is 21.2 Å². The zero-order valence-corrected chi connectivity index (χ0v) is 12.6. The molecule has 0 unspecified atom stereocenters. The highest BCUT2D eigenvalue weighted by Crippen LogP contribution is 2.22. The molecule has 0 atom stereocenters. The summed E-state index contributed by atoms with van der Waals surface area (Å²) in [6.07, 6.45) is 5.98. The van der Waals surface area contributed by atoms with Crippen molar-refractivity contribution in [1.29, 1.82) is 0 Å². The van der Waals surface area contributed by atoms with Gasteiger partial charge in [0.25, 0.3) is 0 Å². The second-order valence-corrected chi connectivity index (χ2v) is 7.92. The van der Waals surface area contributed by atoms with Crippen LogP contribution in [0.15, 0.2) is 28.0 Å². The Morgan fingerprint density at radius 1 is 1.30 bits per heavy atom. The van der Waals surface area contributed by atoms with Gasteiger partial charge in [0.05, 0.1) is 11.4 Å². The molecule has 5 nitrogen and oxygen atoms in total. The van der Waals surface area contributed by atoms with Crippen LogP contribution in [-0.2, 0) is 19.9 Å². The van der Waals surface area contributed by atoms with Crippen molar-refractivity contribution in [3.63, 3.8) is 0 Å². The van der Waals surface area contributed by atoms with Gasteiger partial charge in [-0.3, -0.25) is 0 Å². The molecule has 0 bridgehead atoms. The molecule has 1 aromatic rings. The van der Waals surface area contributed by atoms with Crippen LogP contribution in [0.3, 0.4) is 0 Å². The molecule has 110 valence electrons. The predicted octanol–water partition coefficient (Wildman–Crippen LogP) is 0.873. The summed E-state index contributed by atoms with van der Waals surface area (Å²) in [6.45, 7) is 1.38. The third-order valence-corrected chi connectivity index (χ3v) is 5.62. The van der Waals surface area contributed by atoms with E-state index in [9.17, 15) is 21.2 Å². The van der Waals surface area contributed by atoms with Crippen molar-refractivity contribution in [1.82, 2.24) is 4.31 Å². The largest absolute Gasteiger partial charge is 0.246 e. The summed E-state index contributed by atoms with van der Waals surface area (Å²) >= 11 is 0. The zero-order chi connectivity index (χ0) is 15.6. The van der Waals surface area contributed by atoms with Crippen molar-refractivity contribution in [3.8, 4) is 12.3 Å². The number of hydrogen-bond donors (Lipinski definition) is 0. The highest BCUT2D eigenvalue weighted by Gasteiger charge is 2.27. The average molecular weight is 319 g/mol. The van der Waals surface area contributed by atoms with Crippen molar-refractivity contribution in [2.24, 2.45) is 0 Å². The number of sulfone groups is 1. The average Bonchev–Trinajstić information content (AvgIpc) is 2.34. The summed E-state index contributed by atoms with van der Waals surface area (Å²) in [4.78, 5) is -0.966. The van der Waals surface area contributed by atoms with Crippen LogP contribution >= 0.6 is 0 Å². The van der Waals surface area contributed by atoms with E-state index in [0.29, 0.717) is 0 Å². The second-order valence-electron chi connectivity index (χ2n) is 4.00. The maximum absolute atomic E-state index is 13.7. The van der Waals surface area contributed by atoms with E-state index in [-0.39, 0.29) is 18.0 Å². The Morgan fingerprint density at radius 2 is 1.90 bits per heavy atom. The van der Waals surface area contributed by atoms with E-state index in [2.05, 4.69) is 5.92 Å². The lowest BCUT2D eigenvalue weighted by molar-refractivity contribution is 0.457. The van der Waals surface area contributed by atoms with Gasteiger partial charge in [-0.15, -0.1) is 6.42 Å². The van der Waals surface area contributed by atoms with Crippen LogP contribution in [0, 0.1) is 18.2 Å². The Morgan fingerprint density at radius 3 is 2.35 bits per heavy atom. The number of rotatable bonds is 5. The van der Waals surface area contributed by atoms with Crippen molar-refractivity contribution in [3.05, 3.63) is 24.0 Å². The van der Waals surface area contributed by atoms with Gasteiger partial charge >= 0.3 is 0 Å². The lowest BCUT2D eigenvalue weighted by Gasteiger charge is -2.18. The molecule has 1 rings (SSSR count). The van der Waals surface area contributed by atoms with Crippen LogP contribution in [0.1, 0.15) is 6.92 Å². The molecule has 0 aliphatic carbocycles. The van der Waals surface area contributed by atoms with E-state index in [1.165, 1.54) is 0 Å². The molecule has 0 spiro atoms. The van der Waals surface area contributed by atoms with Crippen molar-refractivity contribution >= 4 is 19.9 Å². The first-order chi connectivity index (χ1) is 9.14. The Hall–Kier alpha value is -1.43. The molecule has 0 aromatic heterocycles. The second kappa shape index (κ2) is 5.91. The molecule has 0 saturated heterocycles. The van der Waals surface area contributed by atoms with Gasteiger partial charge in [0.1, 0.15) is 10.7 Å². The molecule has 0 N–H and O–H groups in total. The standard InChI is InChI=1S/C12H14FNO4S2/c1-4-8-14(5-2)20(17,18)12-9-10(19(3,15)16)6-7-11(12)13/h1,6-7,9H,5,8H2,2-3H3. The van der Waals surface area contributed by atoms with Gasteiger partial charge in [-0.05, 0) is 18.2 Å². The maximum atomic E-state index is 13.7. The summed E-state index contributed by atoms with van der Waals surface area (Å²) in [5.74, 6) is 1.14. The molecule has 0 radical (unpaired) electrons. The number of sulfonamides is 1. The fraction of sp³-hybridized carbons (Fsp3) is 0.333. The predicted molar refractivity (Wildman–Crippen MR) is 72.8 cm³/mol. The number of terminal acetylenes is 1. The van der Waals surface area contributed by atoms with Gasteiger partial charge in [-0.2, -0.15) is 4.31 Å². The Bertz CT molecular complexity index is 748. The maximum Gasteiger partial charge on any atom is 0.246 e. The molecule has 0 aliphatic heterocycles. The quantitative estimate of drug-likeness (QED) is 0.596. The molecule has 1 aromatic carbocycles. The minimum Gasteiger partial charge on any atom is -0.224 e. The van der Waals surface area contributed by atoms with Crippen molar-refractivity contribution in [2.75, 3.05) is 19.3 Å². The zero-order valence-electron chi connectivity index (χ0n) is 11.0. The van der Waals surface area contributed by atoms with E-state index in [4.69, 9.17) is 6.42 Å². The minimum atomic E-state index is -4.18. The summed E-state index contributed by atoms with van der Waals surface area (Å²) < 4.78 is 62.0. The molecule has 0 heterocycles. The molecule has 0 saturated carbocycles. The van der Waals surface area contributed by atoms with Crippen LogP contribution in [-0.4, -0.2) is 40.5 Å². The molecule has 20 heavy (non-hydrogen) atoms. The van der Waals surface area contributed by atoms with Crippen molar-refractivity contribution < 1.29 is 21.2 Å². The fourth-order valence-electron chi connectivity index (χ4n) is 1.52. The lowest BCUT2D eigenvalue weighted by atomic mass is 10.3. The van der Waals surface area contributed by atoms with Gasteiger partial charge in [0.2, 0.25) is 10.0 Å². The molecule has 0 aliphatic rings. The summed E-state index contributed by atoms with van der Waals surface area (Å²) in [6, 6.07) is 2.63. The first-order valence-electron chi connectivity index (χ1n) is 5.57. The molecule has 0 fully saturated rings. The third-order valence-electron chi connectivity index (χ3n) is 2.57. The summed E-state index contributed by atoms with van der Waals surface area (Å²) in [5.41, 5.74) is 0. The normalized spacial score (nSPS) is 12.3. The minimum absolute atomic E-state index is 0.0507. The molecule has 8 heteroatoms. The van der Waals surface area contributed by atoms with Gasteiger partial charge < -0.3 is 0 Å². The van der Waals surface area contributed by atoms with Gasteiger partial charge in [0.15, 0.2) is 9.84 Å². The van der Waals surface area contributed by atoms with Crippen LogP contribution in [0.4, 0.5) is 4.39 Å². The lowest BCUT2D eigenvalue weighted by Crippen LogP contribution is -2.32. The topological polar surface area (TPSA) is 71.5 Å². The smallest absolute Gasteiger partial charge is 0.224 e. The van der Waals surface area contributed by atoms with Crippen molar-refractivity contribution in [2.45, 2.75) is 16.7 Å². The highest BCUT2D eigenvalue weighted by molar-refractivity contribution is 7.91. The fourth-order valence-corrected chi connectivity index (χ4v) is 3.69. The first-order valence-corrected chi connectivity index (χ1v) is 8.91. The SMILES string of the molecule is C#CCN(CC)S(=O)(=O)c1cc(S(C)(=O)=O)ccc1F. The van der Waals surface area contributed by atoms with E-state index in [0.717, 1.165) is 28.8 Å². The van der Waals surface area contributed by atoms with Gasteiger partial charge in [-0.1, -0.05) is 12.8 Å². The van der Waals surface area contributed by atoms with E-state index < -0.39 is 30.6 Å². The van der Waals surface area contributed by atoms with Crippen LogP contribution in [0.5, 0.6) is 0 Å². The van der Waals surface area contributed by atoms with Crippen LogP contribution in [0.25, 0.3) is 0 Å². The molecule has 0 amide bonds. The number of nitrogens with zero attached hydrogens (tertiary/aromatic N) is 1. The number of benzene rings is 1. The van der Waals surface area contributed by atoms with E-state index in [1.54, 1.807) is 6.92 Å². The van der Waals surface area contributed by atoms with Gasteiger partial charge in [0, 0.05) is 12.8 Å². The molecular weight excluding hydrogens is 305 g/mol. The summed E-state index contributed by atoms with van der Waals surface area (Å²) in [5, 5.41) is 0. The van der Waals surface area contributed by atoms with E-state index >= 15 is 0 Å². The van der Waals surface area contributed by atoms with Crippen LogP contribution < -0.4 is 0 Å². The Kier molecular flexibility index (Phi) is 4.91. The van der Waals surface area contributed by atoms with E-state index in [1.807, 2.05) is 0 Å².